The summed E-state index contributed by atoms with van der Waals surface area (Å²) >= 11 is 1.16. The summed E-state index contributed by atoms with van der Waals surface area (Å²) in [7, 11) is 0. The highest BCUT2D eigenvalue weighted by Crippen LogP contribution is 2.26. The van der Waals surface area contributed by atoms with Crippen LogP contribution >= 0.6 is 11.8 Å². The Morgan fingerprint density at radius 1 is 1.16 bits per heavy atom. The van der Waals surface area contributed by atoms with E-state index >= 15 is 0 Å². The van der Waals surface area contributed by atoms with Crippen LogP contribution in [0.5, 0.6) is 0 Å². The van der Waals surface area contributed by atoms with E-state index in [2.05, 4.69) is 0 Å². The molecule has 1 atom stereocenters. The van der Waals surface area contributed by atoms with Crippen LogP contribution < -0.4 is 0 Å². The number of ether oxygens (including phenoxy) is 1. The first-order valence-electron chi connectivity index (χ1n) is 7.23. The summed E-state index contributed by atoms with van der Waals surface area (Å²) in [4.78, 5) is 34.6. The normalized spacial score (nSPS) is 11.6. The molecule has 0 spiro atoms. The minimum absolute atomic E-state index is 0.0375. The fourth-order valence-electron chi connectivity index (χ4n) is 1.87. The number of carbonyl (C=O) groups excluding carboxylic acids is 2. The standard InChI is InChI=1S/C17H14FNO5S/c1-11(25-15-8-6-14(7-9-15)19(22)23)17(21)24-10-16(20)12-2-4-13(18)5-3-12/h2-9,11H,10H2,1H3/t11-/m1/s1. The second kappa shape index (κ2) is 8.39. The second-order valence-electron chi connectivity index (χ2n) is 5.05. The van der Waals surface area contributed by atoms with Gasteiger partial charge in [-0.2, -0.15) is 0 Å². The topological polar surface area (TPSA) is 86.5 Å². The molecule has 0 N–H and O–H groups in total. The van der Waals surface area contributed by atoms with Crippen LogP contribution in [0.25, 0.3) is 0 Å². The quantitative estimate of drug-likeness (QED) is 0.245. The van der Waals surface area contributed by atoms with Crippen molar-refractivity contribution in [2.45, 2.75) is 17.1 Å². The predicted octanol–water partition coefficient (Wildman–Crippen LogP) is 3.64. The number of ketones is 1. The molecule has 2 aromatic carbocycles. The number of nitrogens with zero attached hydrogens (tertiary/aromatic N) is 1. The van der Waals surface area contributed by atoms with Gasteiger partial charge >= 0.3 is 5.97 Å². The Bertz CT molecular complexity index is 777. The Hall–Kier alpha value is -2.74. The van der Waals surface area contributed by atoms with Crippen molar-refractivity contribution in [1.29, 1.82) is 0 Å². The van der Waals surface area contributed by atoms with Gasteiger partial charge in [-0.25, -0.2) is 4.39 Å². The Morgan fingerprint density at radius 2 is 1.76 bits per heavy atom. The molecule has 0 aliphatic heterocycles. The average molecular weight is 363 g/mol. The third-order valence-electron chi connectivity index (χ3n) is 3.20. The number of halogens is 1. The van der Waals surface area contributed by atoms with E-state index in [4.69, 9.17) is 4.74 Å². The molecule has 6 nitrogen and oxygen atoms in total. The molecule has 2 aromatic rings. The lowest BCUT2D eigenvalue weighted by molar-refractivity contribution is -0.384. The Labute approximate surface area is 147 Å². The number of esters is 1. The minimum atomic E-state index is -0.595. The fourth-order valence-corrected chi connectivity index (χ4v) is 2.74. The van der Waals surface area contributed by atoms with Gasteiger partial charge in [0.15, 0.2) is 12.4 Å². The largest absolute Gasteiger partial charge is 0.456 e. The summed E-state index contributed by atoms with van der Waals surface area (Å²) in [6, 6.07) is 10.7. The number of non-ortho nitro benzene ring substituents is 1. The number of hydrogen-bond acceptors (Lipinski definition) is 6. The Kier molecular flexibility index (Phi) is 6.24. The SMILES string of the molecule is C[C@@H](Sc1ccc([N+](=O)[O-])cc1)C(=O)OCC(=O)c1ccc(F)cc1. The van der Waals surface area contributed by atoms with Crippen molar-refractivity contribution in [3.8, 4) is 0 Å². The first-order valence-corrected chi connectivity index (χ1v) is 8.11. The Morgan fingerprint density at radius 3 is 2.32 bits per heavy atom. The van der Waals surface area contributed by atoms with Crippen molar-refractivity contribution in [2.75, 3.05) is 6.61 Å². The third-order valence-corrected chi connectivity index (χ3v) is 4.29. The van der Waals surface area contributed by atoms with Gasteiger partial charge in [-0.3, -0.25) is 19.7 Å². The van der Waals surface area contributed by atoms with Crippen LogP contribution in [0.3, 0.4) is 0 Å². The molecule has 0 saturated heterocycles. The molecule has 0 saturated carbocycles. The molecule has 0 heterocycles. The van der Waals surface area contributed by atoms with E-state index in [1.807, 2.05) is 0 Å². The van der Waals surface area contributed by atoms with Gasteiger partial charge in [-0.05, 0) is 43.3 Å². The zero-order valence-electron chi connectivity index (χ0n) is 13.2. The zero-order chi connectivity index (χ0) is 18.4. The van der Waals surface area contributed by atoms with E-state index in [1.165, 1.54) is 36.4 Å². The predicted molar refractivity (Wildman–Crippen MR) is 90.1 cm³/mol. The van der Waals surface area contributed by atoms with Crippen molar-refractivity contribution in [3.05, 3.63) is 70.0 Å². The fraction of sp³-hybridized carbons (Fsp3) is 0.176. The third kappa shape index (κ3) is 5.39. The summed E-state index contributed by atoms with van der Waals surface area (Å²) in [6.07, 6.45) is 0. The molecular formula is C17H14FNO5S. The van der Waals surface area contributed by atoms with Crippen molar-refractivity contribution < 1.29 is 23.6 Å². The van der Waals surface area contributed by atoms with Crippen molar-refractivity contribution in [2.24, 2.45) is 0 Å². The number of Topliss-reactive ketones (excluding diaryl/α,β-unsaturated/α-hetero) is 1. The summed E-state index contributed by atoms with van der Waals surface area (Å²) in [6.45, 7) is 1.17. The first-order chi connectivity index (χ1) is 11.9. The van der Waals surface area contributed by atoms with Crippen molar-refractivity contribution in [3.63, 3.8) is 0 Å². The highest BCUT2D eigenvalue weighted by molar-refractivity contribution is 8.00. The number of hydrogen-bond donors (Lipinski definition) is 0. The maximum absolute atomic E-state index is 12.8. The van der Waals surface area contributed by atoms with Crippen LogP contribution in [0.1, 0.15) is 17.3 Å². The van der Waals surface area contributed by atoms with Gasteiger partial charge in [0, 0.05) is 22.6 Å². The van der Waals surface area contributed by atoms with Crippen LogP contribution in [0.2, 0.25) is 0 Å². The van der Waals surface area contributed by atoms with Gasteiger partial charge in [-0.1, -0.05) is 0 Å². The lowest BCUT2D eigenvalue weighted by Crippen LogP contribution is -2.21. The molecule has 0 amide bonds. The number of benzene rings is 2. The monoisotopic (exact) mass is 363 g/mol. The van der Waals surface area contributed by atoms with Gasteiger partial charge < -0.3 is 4.74 Å². The molecule has 0 unspecified atom stereocenters. The molecule has 130 valence electrons. The van der Waals surface area contributed by atoms with E-state index in [1.54, 1.807) is 6.92 Å². The molecule has 25 heavy (non-hydrogen) atoms. The van der Waals surface area contributed by atoms with Crippen LogP contribution in [-0.2, 0) is 9.53 Å². The zero-order valence-corrected chi connectivity index (χ0v) is 14.0. The van der Waals surface area contributed by atoms with Gasteiger partial charge in [0.2, 0.25) is 0 Å². The number of thioether (sulfide) groups is 1. The molecule has 0 fully saturated rings. The van der Waals surface area contributed by atoms with Crippen LogP contribution in [0, 0.1) is 15.9 Å². The Balaban J connectivity index is 1.86. The highest BCUT2D eigenvalue weighted by atomic mass is 32.2. The van der Waals surface area contributed by atoms with Gasteiger partial charge in [0.25, 0.3) is 5.69 Å². The number of nitro groups is 1. The molecule has 0 radical (unpaired) electrons. The summed E-state index contributed by atoms with van der Waals surface area (Å²) < 4.78 is 17.8. The lowest BCUT2D eigenvalue weighted by atomic mass is 10.1. The number of nitro benzene ring substituents is 1. The second-order valence-corrected chi connectivity index (χ2v) is 6.46. The summed E-state index contributed by atoms with van der Waals surface area (Å²) in [5.74, 6) is -1.47. The van der Waals surface area contributed by atoms with E-state index in [9.17, 15) is 24.1 Å². The average Bonchev–Trinajstić information content (AvgIpc) is 2.60. The minimum Gasteiger partial charge on any atom is -0.456 e. The highest BCUT2D eigenvalue weighted by Gasteiger charge is 2.18. The summed E-state index contributed by atoms with van der Waals surface area (Å²) in [5, 5.41) is 10.0. The number of carbonyl (C=O) groups is 2. The molecule has 8 heteroatoms. The molecular weight excluding hydrogens is 349 g/mol. The molecule has 0 aromatic heterocycles. The van der Waals surface area contributed by atoms with Crippen molar-refractivity contribution >= 4 is 29.2 Å². The maximum atomic E-state index is 12.8. The molecule has 0 aliphatic rings. The van der Waals surface area contributed by atoms with Gasteiger partial charge in [-0.15, -0.1) is 11.8 Å². The van der Waals surface area contributed by atoms with E-state index < -0.39 is 34.3 Å². The maximum Gasteiger partial charge on any atom is 0.319 e. The summed E-state index contributed by atoms with van der Waals surface area (Å²) in [5.41, 5.74) is 0.217. The van der Waals surface area contributed by atoms with E-state index in [0.717, 1.165) is 23.9 Å². The van der Waals surface area contributed by atoms with Crippen LogP contribution in [-0.4, -0.2) is 28.5 Å². The molecule has 0 bridgehead atoms. The first kappa shape index (κ1) is 18.6. The van der Waals surface area contributed by atoms with Crippen LogP contribution in [0.4, 0.5) is 10.1 Å². The van der Waals surface area contributed by atoms with E-state index in [-0.39, 0.29) is 11.3 Å². The lowest BCUT2D eigenvalue weighted by Gasteiger charge is -2.11. The molecule has 2 rings (SSSR count). The van der Waals surface area contributed by atoms with E-state index in [0.29, 0.717) is 4.90 Å². The smallest absolute Gasteiger partial charge is 0.319 e. The van der Waals surface area contributed by atoms with Crippen molar-refractivity contribution in [1.82, 2.24) is 0 Å². The van der Waals surface area contributed by atoms with Gasteiger partial charge in [0.1, 0.15) is 11.1 Å². The van der Waals surface area contributed by atoms with Gasteiger partial charge in [0.05, 0.1) is 4.92 Å². The number of rotatable bonds is 7. The molecule has 0 aliphatic carbocycles. The van der Waals surface area contributed by atoms with Crippen LogP contribution in [0.15, 0.2) is 53.4 Å².